The van der Waals surface area contributed by atoms with Gasteiger partial charge in [0.1, 0.15) is 0 Å². The Balaban J connectivity index is 1.74. The molecule has 2 rings (SSSR count). The number of nitrogens with zero attached hydrogens (tertiary/aromatic N) is 3. The Bertz CT molecular complexity index is 339. The van der Waals surface area contributed by atoms with E-state index in [-0.39, 0.29) is 0 Å². The average Bonchev–Trinajstić information content (AvgIpc) is 2.77. The molecule has 102 valence electrons. The number of piperidine rings is 1. The van der Waals surface area contributed by atoms with E-state index in [1.165, 1.54) is 32.4 Å². The second kappa shape index (κ2) is 6.78. The molecule has 0 aromatic carbocycles. The second-order valence-corrected chi connectivity index (χ2v) is 5.63. The first-order valence-corrected chi connectivity index (χ1v) is 7.23. The van der Waals surface area contributed by atoms with Gasteiger partial charge in [0.05, 0.1) is 0 Å². The van der Waals surface area contributed by atoms with Crippen molar-refractivity contribution < 1.29 is 0 Å². The molecule has 0 bridgehead atoms. The fourth-order valence-electron chi connectivity index (χ4n) is 2.53. The van der Waals surface area contributed by atoms with Gasteiger partial charge in [0.25, 0.3) is 0 Å². The molecule has 0 unspecified atom stereocenters. The first-order valence-electron chi connectivity index (χ1n) is 7.23. The molecule has 2 heterocycles. The Morgan fingerprint density at radius 3 is 2.78 bits per heavy atom. The third-order valence-corrected chi connectivity index (χ3v) is 3.44. The number of likely N-dealkylation sites (tertiary alicyclic amines) is 1. The normalized spacial score (nSPS) is 17.3. The fraction of sp³-hybridized carbons (Fsp3) is 0.786. The zero-order chi connectivity index (χ0) is 12.8. The first-order chi connectivity index (χ1) is 8.75. The summed E-state index contributed by atoms with van der Waals surface area (Å²) in [5.41, 5.74) is 0. The van der Waals surface area contributed by atoms with Gasteiger partial charge in [-0.15, -0.1) is 0 Å². The van der Waals surface area contributed by atoms with E-state index in [1.54, 1.807) is 0 Å². The lowest BCUT2D eigenvalue weighted by Gasteiger charge is -2.26. The number of hydrogen-bond donors (Lipinski definition) is 1. The maximum atomic E-state index is 4.39. The summed E-state index contributed by atoms with van der Waals surface area (Å²) in [6.07, 6.45) is 8.07. The lowest BCUT2D eigenvalue weighted by atomic mass is 10.1. The Labute approximate surface area is 110 Å². The number of hydrogen-bond acceptors (Lipinski definition) is 3. The highest BCUT2D eigenvalue weighted by molar-refractivity contribution is 5.25. The Morgan fingerprint density at radius 1 is 1.28 bits per heavy atom. The van der Waals surface area contributed by atoms with E-state index in [0.717, 1.165) is 25.6 Å². The minimum Gasteiger partial charge on any atom is -0.354 e. The molecule has 0 amide bonds. The van der Waals surface area contributed by atoms with Crippen LogP contribution in [0.15, 0.2) is 12.4 Å². The van der Waals surface area contributed by atoms with Crippen LogP contribution < -0.4 is 5.32 Å². The van der Waals surface area contributed by atoms with Gasteiger partial charge in [-0.05, 0) is 31.8 Å². The summed E-state index contributed by atoms with van der Waals surface area (Å²) in [6, 6.07) is 0. The highest BCUT2D eigenvalue weighted by Crippen LogP contribution is 2.10. The van der Waals surface area contributed by atoms with E-state index in [2.05, 4.69) is 39.8 Å². The number of anilines is 1. The van der Waals surface area contributed by atoms with Gasteiger partial charge in [0.2, 0.25) is 5.95 Å². The van der Waals surface area contributed by atoms with Crippen LogP contribution >= 0.6 is 0 Å². The molecular weight excluding hydrogens is 224 g/mol. The van der Waals surface area contributed by atoms with Crippen LogP contribution in [0, 0.1) is 5.92 Å². The quantitative estimate of drug-likeness (QED) is 0.842. The van der Waals surface area contributed by atoms with Crippen molar-refractivity contribution in [1.82, 2.24) is 14.5 Å². The topological polar surface area (TPSA) is 33.1 Å². The zero-order valence-electron chi connectivity index (χ0n) is 11.7. The van der Waals surface area contributed by atoms with Gasteiger partial charge in [0.15, 0.2) is 0 Å². The molecule has 0 atom stereocenters. The van der Waals surface area contributed by atoms with Crippen LogP contribution in [0.1, 0.15) is 33.1 Å². The molecule has 1 aliphatic heterocycles. The molecule has 1 fully saturated rings. The summed E-state index contributed by atoms with van der Waals surface area (Å²) in [6.45, 7) is 10.2. The SMILES string of the molecule is CC(C)Cn1ccnc1NCCN1CCCCC1. The lowest BCUT2D eigenvalue weighted by molar-refractivity contribution is 0.237. The van der Waals surface area contributed by atoms with Crippen LogP contribution in [0.4, 0.5) is 5.95 Å². The minimum atomic E-state index is 0.654. The molecule has 1 N–H and O–H groups in total. The van der Waals surface area contributed by atoms with Crippen LogP contribution in [-0.4, -0.2) is 40.6 Å². The first kappa shape index (κ1) is 13.4. The predicted octanol–water partition coefficient (Wildman–Crippen LogP) is 2.44. The smallest absolute Gasteiger partial charge is 0.202 e. The molecule has 1 aliphatic rings. The van der Waals surface area contributed by atoms with E-state index in [1.807, 2.05) is 6.20 Å². The van der Waals surface area contributed by atoms with Gasteiger partial charge in [0, 0.05) is 32.0 Å². The summed E-state index contributed by atoms with van der Waals surface area (Å²) < 4.78 is 2.21. The highest BCUT2D eigenvalue weighted by atomic mass is 15.2. The van der Waals surface area contributed by atoms with Crippen molar-refractivity contribution in [1.29, 1.82) is 0 Å². The third kappa shape index (κ3) is 4.02. The molecule has 4 heteroatoms. The van der Waals surface area contributed by atoms with E-state index in [0.29, 0.717) is 5.92 Å². The van der Waals surface area contributed by atoms with Gasteiger partial charge >= 0.3 is 0 Å². The lowest BCUT2D eigenvalue weighted by Crippen LogP contribution is -2.34. The largest absolute Gasteiger partial charge is 0.354 e. The monoisotopic (exact) mass is 250 g/mol. The third-order valence-electron chi connectivity index (χ3n) is 3.44. The van der Waals surface area contributed by atoms with Crippen molar-refractivity contribution in [2.45, 2.75) is 39.7 Å². The van der Waals surface area contributed by atoms with Crippen LogP contribution in [0.3, 0.4) is 0 Å². The van der Waals surface area contributed by atoms with Gasteiger partial charge in [-0.1, -0.05) is 20.3 Å². The molecule has 1 aromatic rings. The van der Waals surface area contributed by atoms with Crippen LogP contribution in [0.25, 0.3) is 0 Å². The summed E-state index contributed by atoms with van der Waals surface area (Å²) >= 11 is 0. The van der Waals surface area contributed by atoms with E-state index >= 15 is 0 Å². The maximum absolute atomic E-state index is 4.39. The number of rotatable bonds is 6. The Hall–Kier alpha value is -1.03. The van der Waals surface area contributed by atoms with E-state index < -0.39 is 0 Å². The summed E-state index contributed by atoms with van der Waals surface area (Å²) in [5.74, 6) is 1.67. The predicted molar refractivity (Wildman–Crippen MR) is 75.8 cm³/mol. The molecule has 4 nitrogen and oxygen atoms in total. The van der Waals surface area contributed by atoms with Crippen LogP contribution in [-0.2, 0) is 6.54 Å². The van der Waals surface area contributed by atoms with E-state index in [4.69, 9.17) is 0 Å². The number of aromatic nitrogens is 2. The molecule has 0 aliphatic carbocycles. The van der Waals surface area contributed by atoms with Gasteiger partial charge in [-0.2, -0.15) is 0 Å². The molecule has 0 spiro atoms. The van der Waals surface area contributed by atoms with Gasteiger partial charge < -0.3 is 14.8 Å². The fourth-order valence-corrected chi connectivity index (χ4v) is 2.53. The number of nitrogens with one attached hydrogen (secondary N) is 1. The maximum Gasteiger partial charge on any atom is 0.202 e. The van der Waals surface area contributed by atoms with Crippen LogP contribution in [0.2, 0.25) is 0 Å². The summed E-state index contributed by atoms with van der Waals surface area (Å²) in [7, 11) is 0. The molecule has 1 saturated heterocycles. The minimum absolute atomic E-state index is 0.654. The molecular formula is C14H26N4. The van der Waals surface area contributed by atoms with Crippen molar-refractivity contribution in [3.05, 3.63) is 12.4 Å². The van der Waals surface area contributed by atoms with Crippen LogP contribution in [0.5, 0.6) is 0 Å². The average molecular weight is 250 g/mol. The van der Waals surface area contributed by atoms with Crippen molar-refractivity contribution >= 4 is 5.95 Å². The standard InChI is InChI=1S/C14H26N4/c1-13(2)12-18-11-7-16-14(18)15-6-10-17-8-4-3-5-9-17/h7,11,13H,3-6,8-10,12H2,1-2H3,(H,15,16). The van der Waals surface area contributed by atoms with Crippen molar-refractivity contribution in [3.8, 4) is 0 Å². The van der Waals surface area contributed by atoms with Crippen molar-refractivity contribution in [3.63, 3.8) is 0 Å². The highest BCUT2D eigenvalue weighted by Gasteiger charge is 2.10. The van der Waals surface area contributed by atoms with Crippen molar-refractivity contribution in [2.24, 2.45) is 5.92 Å². The Morgan fingerprint density at radius 2 is 2.06 bits per heavy atom. The van der Waals surface area contributed by atoms with Gasteiger partial charge in [-0.3, -0.25) is 0 Å². The summed E-state index contributed by atoms with van der Waals surface area (Å²) in [4.78, 5) is 6.93. The molecule has 1 aromatic heterocycles. The molecule has 0 saturated carbocycles. The second-order valence-electron chi connectivity index (χ2n) is 5.63. The molecule has 0 radical (unpaired) electrons. The Kier molecular flexibility index (Phi) is 5.05. The summed E-state index contributed by atoms with van der Waals surface area (Å²) in [5, 5.41) is 3.46. The zero-order valence-corrected chi connectivity index (χ0v) is 11.7. The van der Waals surface area contributed by atoms with Crippen molar-refractivity contribution in [2.75, 3.05) is 31.5 Å². The molecule has 18 heavy (non-hydrogen) atoms. The van der Waals surface area contributed by atoms with Gasteiger partial charge in [-0.25, -0.2) is 4.98 Å². The van der Waals surface area contributed by atoms with E-state index in [9.17, 15) is 0 Å². The number of imidazole rings is 1.